The zero-order valence-corrected chi connectivity index (χ0v) is 12.2. The lowest BCUT2D eigenvalue weighted by Crippen LogP contribution is -2.59. The Morgan fingerprint density at radius 1 is 1.52 bits per heavy atom. The highest BCUT2D eigenvalue weighted by molar-refractivity contribution is 5.86. The fourth-order valence-corrected chi connectivity index (χ4v) is 2.31. The number of urea groups is 1. The third kappa shape index (κ3) is 3.52. The largest absolute Gasteiger partial charge is 0.480 e. The fraction of sp³-hybridized carbons (Fsp3) is 0.615. The highest BCUT2D eigenvalue weighted by Crippen LogP contribution is 2.21. The standard InChI is InChI=1S/C13H20N4O4/c1-16(8-10-7-14-17(2)9-10)12(20)15-13(11(18)19)3-5-21-6-4-13/h7,9H,3-6,8H2,1-2H3,(H,15,20)(H,18,19). The van der Waals surface area contributed by atoms with Crippen molar-refractivity contribution in [3.8, 4) is 0 Å². The lowest BCUT2D eigenvalue weighted by Gasteiger charge is -2.35. The van der Waals surface area contributed by atoms with Crippen LogP contribution in [0.15, 0.2) is 12.4 Å². The number of aromatic nitrogens is 2. The van der Waals surface area contributed by atoms with Gasteiger partial charge in [0.1, 0.15) is 5.54 Å². The minimum Gasteiger partial charge on any atom is -0.480 e. The second-order valence-corrected chi connectivity index (χ2v) is 5.31. The summed E-state index contributed by atoms with van der Waals surface area (Å²) < 4.78 is 6.83. The molecule has 1 aliphatic rings. The molecule has 1 aliphatic heterocycles. The number of nitrogens with one attached hydrogen (secondary N) is 1. The van der Waals surface area contributed by atoms with E-state index in [4.69, 9.17) is 4.74 Å². The molecule has 1 fully saturated rings. The van der Waals surface area contributed by atoms with Gasteiger partial charge in [0.05, 0.1) is 12.7 Å². The van der Waals surface area contributed by atoms with Crippen LogP contribution in [-0.4, -0.2) is 57.6 Å². The smallest absolute Gasteiger partial charge is 0.329 e. The SMILES string of the molecule is CN(Cc1cnn(C)c1)C(=O)NC1(C(=O)O)CCOCC1. The first-order valence-corrected chi connectivity index (χ1v) is 6.75. The predicted octanol–water partition coefficient (Wildman–Crippen LogP) is 0.195. The first-order chi connectivity index (χ1) is 9.93. The molecule has 0 bridgehead atoms. The number of carboxylic acid groups (broad SMARTS) is 1. The average Bonchev–Trinajstić information content (AvgIpc) is 2.85. The van der Waals surface area contributed by atoms with Crippen molar-refractivity contribution in [2.24, 2.45) is 7.05 Å². The molecule has 0 spiro atoms. The first kappa shape index (κ1) is 15.3. The zero-order chi connectivity index (χ0) is 15.5. The van der Waals surface area contributed by atoms with Gasteiger partial charge < -0.3 is 20.1 Å². The Bertz CT molecular complexity index is 522. The Hall–Kier alpha value is -2.09. The summed E-state index contributed by atoms with van der Waals surface area (Å²) in [6, 6.07) is -0.414. The third-order valence-electron chi connectivity index (χ3n) is 3.63. The summed E-state index contributed by atoms with van der Waals surface area (Å²) in [5.74, 6) is -1.02. The maximum absolute atomic E-state index is 12.2. The molecule has 1 saturated heterocycles. The number of carboxylic acids is 1. The minimum absolute atomic E-state index is 0.273. The summed E-state index contributed by atoms with van der Waals surface area (Å²) in [5.41, 5.74) is -0.357. The maximum Gasteiger partial charge on any atom is 0.329 e. The van der Waals surface area contributed by atoms with Gasteiger partial charge in [-0.3, -0.25) is 4.68 Å². The second-order valence-electron chi connectivity index (χ2n) is 5.31. The van der Waals surface area contributed by atoms with E-state index in [1.165, 1.54) is 4.90 Å². The van der Waals surface area contributed by atoms with Gasteiger partial charge in [-0.15, -0.1) is 0 Å². The molecule has 8 heteroatoms. The van der Waals surface area contributed by atoms with E-state index in [0.717, 1.165) is 5.56 Å². The van der Waals surface area contributed by atoms with Gasteiger partial charge >= 0.3 is 12.0 Å². The number of hydrogen-bond donors (Lipinski definition) is 2. The average molecular weight is 296 g/mol. The third-order valence-corrected chi connectivity index (χ3v) is 3.63. The molecule has 2 N–H and O–H groups in total. The van der Waals surface area contributed by atoms with Gasteiger partial charge in [-0.1, -0.05) is 0 Å². The van der Waals surface area contributed by atoms with Gasteiger partial charge in [-0.05, 0) is 0 Å². The highest BCUT2D eigenvalue weighted by Gasteiger charge is 2.42. The Kier molecular flexibility index (Phi) is 4.46. The number of aryl methyl sites for hydroxylation is 1. The number of rotatable bonds is 4. The van der Waals surface area contributed by atoms with Crippen LogP contribution < -0.4 is 5.32 Å². The lowest BCUT2D eigenvalue weighted by molar-refractivity contribution is -0.148. The zero-order valence-electron chi connectivity index (χ0n) is 12.2. The monoisotopic (exact) mass is 296 g/mol. The highest BCUT2D eigenvalue weighted by atomic mass is 16.5. The van der Waals surface area contributed by atoms with E-state index in [2.05, 4.69) is 10.4 Å². The quantitative estimate of drug-likeness (QED) is 0.827. The van der Waals surface area contributed by atoms with Crippen molar-refractivity contribution < 1.29 is 19.4 Å². The normalized spacial score (nSPS) is 17.2. The molecule has 0 aliphatic carbocycles. The molecule has 2 amide bonds. The molecule has 0 radical (unpaired) electrons. The number of hydrogen-bond acceptors (Lipinski definition) is 4. The fourth-order valence-electron chi connectivity index (χ4n) is 2.31. The summed E-state index contributed by atoms with van der Waals surface area (Å²) in [4.78, 5) is 25.2. The van der Waals surface area contributed by atoms with Crippen LogP contribution in [0.2, 0.25) is 0 Å². The van der Waals surface area contributed by atoms with Crippen LogP contribution in [0.5, 0.6) is 0 Å². The first-order valence-electron chi connectivity index (χ1n) is 6.75. The van der Waals surface area contributed by atoms with Crippen LogP contribution in [0.25, 0.3) is 0 Å². The molecule has 2 rings (SSSR count). The van der Waals surface area contributed by atoms with Gasteiger partial charge in [-0.25, -0.2) is 9.59 Å². The van der Waals surface area contributed by atoms with Gasteiger partial charge in [0.25, 0.3) is 0 Å². The Labute approximate surface area is 122 Å². The number of amides is 2. The van der Waals surface area contributed by atoms with Gasteiger partial charge in [-0.2, -0.15) is 5.10 Å². The van der Waals surface area contributed by atoms with Crippen LogP contribution in [0.4, 0.5) is 4.79 Å². The van der Waals surface area contributed by atoms with E-state index < -0.39 is 17.5 Å². The van der Waals surface area contributed by atoms with Crippen molar-refractivity contribution in [2.45, 2.75) is 24.9 Å². The summed E-state index contributed by atoms with van der Waals surface area (Å²) in [6.07, 6.45) is 4.03. The summed E-state index contributed by atoms with van der Waals surface area (Å²) in [6.45, 7) is 1.03. The predicted molar refractivity (Wildman–Crippen MR) is 73.6 cm³/mol. The maximum atomic E-state index is 12.2. The topological polar surface area (TPSA) is 96.7 Å². The number of carbonyl (C=O) groups excluding carboxylic acids is 1. The summed E-state index contributed by atoms with van der Waals surface area (Å²) >= 11 is 0. The molecule has 0 aromatic carbocycles. The van der Waals surface area contributed by atoms with Crippen molar-refractivity contribution in [3.63, 3.8) is 0 Å². The molecular weight excluding hydrogens is 276 g/mol. The summed E-state index contributed by atoms with van der Waals surface area (Å²) in [5, 5.41) is 16.1. The molecule has 116 valence electrons. The minimum atomic E-state index is -1.24. The van der Waals surface area contributed by atoms with E-state index >= 15 is 0 Å². The van der Waals surface area contributed by atoms with Crippen LogP contribution in [0.3, 0.4) is 0 Å². The Balaban J connectivity index is 1.99. The van der Waals surface area contributed by atoms with E-state index in [1.54, 1.807) is 25.0 Å². The van der Waals surface area contributed by atoms with Crippen molar-refractivity contribution in [1.29, 1.82) is 0 Å². The van der Waals surface area contributed by atoms with Crippen LogP contribution in [-0.2, 0) is 23.1 Å². The molecule has 21 heavy (non-hydrogen) atoms. The van der Waals surface area contributed by atoms with E-state index in [1.807, 2.05) is 6.20 Å². The van der Waals surface area contributed by atoms with Crippen LogP contribution in [0, 0.1) is 0 Å². The molecule has 0 saturated carbocycles. The number of nitrogens with zero attached hydrogens (tertiary/aromatic N) is 3. The van der Waals surface area contributed by atoms with Crippen LogP contribution >= 0.6 is 0 Å². The van der Waals surface area contributed by atoms with Gasteiger partial charge in [0, 0.05) is 51.9 Å². The summed E-state index contributed by atoms with van der Waals surface area (Å²) in [7, 11) is 3.42. The number of ether oxygens (including phenoxy) is 1. The van der Waals surface area contributed by atoms with Crippen molar-refractivity contribution in [2.75, 3.05) is 20.3 Å². The van der Waals surface area contributed by atoms with Crippen molar-refractivity contribution in [3.05, 3.63) is 18.0 Å². The number of carbonyl (C=O) groups is 2. The molecular formula is C13H20N4O4. The van der Waals surface area contributed by atoms with Gasteiger partial charge in [0.2, 0.25) is 0 Å². The molecule has 0 atom stereocenters. The van der Waals surface area contributed by atoms with Crippen molar-refractivity contribution in [1.82, 2.24) is 20.0 Å². The molecule has 8 nitrogen and oxygen atoms in total. The van der Waals surface area contributed by atoms with E-state index in [9.17, 15) is 14.7 Å². The Morgan fingerprint density at radius 2 is 2.19 bits per heavy atom. The molecule has 1 aromatic rings. The van der Waals surface area contributed by atoms with Crippen LogP contribution in [0.1, 0.15) is 18.4 Å². The lowest BCUT2D eigenvalue weighted by atomic mass is 9.90. The Morgan fingerprint density at radius 3 is 2.71 bits per heavy atom. The second kappa shape index (κ2) is 6.13. The van der Waals surface area contributed by atoms with E-state index in [0.29, 0.717) is 19.8 Å². The van der Waals surface area contributed by atoms with E-state index in [-0.39, 0.29) is 12.8 Å². The molecule has 2 heterocycles. The molecule has 0 unspecified atom stereocenters. The molecule has 1 aromatic heterocycles. The van der Waals surface area contributed by atoms with Gasteiger partial charge in [0.15, 0.2) is 0 Å². The number of aliphatic carboxylic acids is 1. The van der Waals surface area contributed by atoms with Crippen molar-refractivity contribution >= 4 is 12.0 Å².